The molecule has 0 unspecified atom stereocenters. The van der Waals surface area contributed by atoms with Crippen LogP contribution < -0.4 is 14.4 Å². The van der Waals surface area contributed by atoms with Crippen molar-refractivity contribution in [1.29, 1.82) is 0 Å². The molecule has 1 amide bonds. The number of nitrogens with one attached hydrogen (secondary N) is 1. The standard InChI is InChI=1S/C22H21FN2O4S/c1-3-29-18-10-7-9-17(15-18)24-22(26)16-8-6-11-19(14-16)30(27,28)25(2)21-13-5-4-12-20(21)23/h4-15H,3H2,1-2H3,(H,24,26). The molecule has 3 aromatic carbocycles. The fourth-order valence-electron chi connectivity index (χ4n) is 2.83. The summed E-state index contributed by atoms with van der Waals surface area (Å²) in [6, 6.07) is 18.0. The number of ether oxygens (including phenoxy) is 1. The number of para-hydroxylation sites is 1. The molecule has 0 saturated carbocycles. The van der Waals surface area contributed by atoms with Crippen LogP contribution in [-0.4, -0.2) is 28.0 Å². The monoisotopic (exact) mass is 428 g/mol. The van der Waals surface area contributed by atoms with Crippen molar-refractivity contribution in [2.45, 2.75) is 11.8 Å². The molecule has 30 heavy (non-hydrogen) atoms. The second-order valence-electron chi connectivity index (χ2n) is 6.37. The Kier molecular flexibility index (Phi) is 6.37. The van der Waals surface area contributed by atoms with Crippen LogP contribution in [0.4, 0.5) is 15.8 Å². The van der Waals surface area contributed by atoms with Gasteiger partial charge in [-0.1, -0.05) is 24.3 Å². The molecule has 156 valence electrons. The van der Waals surface area contributed by atoms with E-state index in [-0.39, 0.29) is 16.1 Å². The van der Waals surface area contributed by atoms with Gasteiger partial charge in [0.25, 0.3) is 15.9 Å². The summed E-state index contributed by atoms with van der Waals surface area (Å²) in [7, 11) is -2.80. The van der Waals surface area contributed by atoms with Crippen LogP contribution in [0.15, 0.2) is 77.7 Å². The number of carbonyl (C=O) groups excluding carboxylic acids is 1. The summed E-state index contributed by atoms with van der Waals surface area (Å²) in [4.78, 5) is 12.5. The summed E-state index contributed by atoms with van der Waals surface area (Å²) < 4.78 is 46.2. The lowest BCUT2D eigenvalue weighted by Crippen LogP contribution is -2.27. The molecule has 6 nitrogen and oxygen atoms in total. The maximum Gasteiger partial charge on any atom is 0.264 e. The summed E-state index contributed by atoms with van der Waals surface area (Å²) in [5.74, 6) is -0.529. The Morgan fingerprint density at radius 3 is 2.50 bits per heavy atom. The van der Waals surface area contributed by atoms with Gasteiger partial charge in [-0.25, -0.2) is 12.8 Å². The van der Waals surface area contributed by atoms with E-state index < -0.39 is 21.7 Å². The van der Waals surface area contributed by atoms with Crippen molar-refractivity contribution >= 4 is 27.3 Å². The molecular formula is C22H21FN2O4S. The summed E-state index contributed by atoms with van der Waals surface area (Å²) in [6.07, 6.45) is 0. The zero-order valence-corrected chi connectivity index (χ0v) is 17.3. The average Bonchev–Trinajstić information content (AvgIpc) is 2.74. The number of amides is 1. The van der Waals surface area contributed by atoms with Crippen molar-refractivity contribution in [2.24, 2.45) is 0 Å². The molecule has 0 aromatic heterocycles. The molecule has 0 saturated heterocycles. The Morgan fingerprint density at radius 1 is 1.03 bits per heavy atom. The quantitative estimate of drug-likeness (QED) is 0.609. The lowest BCUT2D eigenvalue weighted by atomic mass is 10.2. The van der Waals surface area contributed by atoms with Crippen LogP contribution in [0.5, 0.6) is 5.75 Å². The van der Waals surface area contributed by atoms with E-state index in [4.69, 9.17) is 4.74 Å². The van der Waals surface area contributed by atoms with E-state index in [2.05, 4.69) is 5.32 Å². The van der Waals surface area contributed by atoms with Crippen LogP contribution >= 0.6 is 0 Å². The number of carbonyl (C=O) groups is 1. The molecule has 0 aliphatic rings. The van der Waals surface area contributed by atoms with Crippen LogP contribution in [0.25, 0.3) is 0 Å². The SMILES string of the molecule is CCOc1cccc(NC(=O)c2cccc(S(=O)(=O)N(C)c3ccccc3F)c2)c1. The zero-order valence-electron chi connectivity index (χ0n) is 16.5. The minimum Gasteiger partial charge on any atom is -0.494 e. The average molecular weight is 428 g/mol. The van der Waals surface area contributed by atoms with E-state index in [0.29, 0.717) is 18.0 Å². The van der Waals surface area contributed by atoms with Crippen LogP contribution in [-0.2, 0) is 10.0 Å². The highest BCUT2D eigenvalue weighted by molar-refractivity contribution is 7.92. The summed E-state index contributed by atoms with van der Waals surface area (Å²) in [5.41, 5.74) is 0.586. The van der Waals surface area contributed by atoms with Crippen molar-refractivity contribution in [3.63, 3.8) is 0 Å². The number of anilines is 2. The van der Waals surface area contributed by atoms with Crippen molar-refractivity contribution in [3.05, 3.63) is 84.2 Å². The smallest absolute Gasteiger partial charge is 0.264 e. The number of hydrogen-bond acceptors (Lipinski definition) is 4. The fourth-order valence-corrected chi connectivity index (χ4v) is 4.08. The predicted octanol–water partition coefficient (Wildman–Crippen LogP) is 4.30. The third-order valence-corrected chi connectivity index (χ3v) is 6.12. The van der Waals surface area contributed by atoms with Gasteiger partial charge in [-0.15, -0.1) is 0 Å². The molecule has 1 N–H and O–H groups in total. The number of halogens is 1. The molecule has 0 aliphatic heterocycles. The fraction of sp³-hybridized carbons (Fsp3) is 0.136. The van der Waals surface area contributed by atoms with E-state index in [0.717, 1.165) is 4.31 Å². The van der Waals surface area contributed by atoms with Crippen molar-refractivity contribution in [1.82, 2.24) is 0 Å². The van der Waals surface area contributed by atoms with Gasteiger partial charge in [0.1, 0.15) is 11.6 Å². The van der Waals surface area contributed by atoms with Gasteiger partial charge in [-0.05, 0) is 49.4 Å². The Morgan fingerprint density at radius 2 is 1.77 bits per heavy atom. The number of rotatable bonds is 7. The first-order valence-electron chi connectivity index (χ1n) is 9.20. The molecule has 0 radical (unpaired) electrons. The topological polar surface area (TPSA) is 75.7 Å². The van der Waals surface area contributed by atoms with Crippen molar-refractivity contribution in [2.75, 3.05) is 23.3 Å². The van der Waals surface area contributed by atoms with Gasteiger partial charge in [0.05, 0.1) is 17.2 Å². The van der Waals surface area contributed by atoms with E-state index in [1.54, 1.807) is 30.3 Å². The Balaban J connectivity index is 1.85. The largest absolute Gasteiger partial charge is 0.494 e. The zero-order chi connectivity index (χ0) is 21.7. The van der Waals surface area contributed by atoms with Gasteiger partial charge in [0.15, 0.2) is 0 Å². The second kappa shape index (κ2) is 8.96. The number of sulfonamides is 1. The van der Waals surface area contributed by atoms with E-state index in [1.165, 1.54) is 49.5 Å². The van der Waals surface area contributed by atoms with E-state index >= 15 is 0 Å². The minimum absolute atomic E-state index is 0.0832. The van der Waals surface area contributed by atoms with Gasteiger partial charge in [-0.2, -0.15) is 0 Å². The van der Waals surface area contributed by atoms with Crippen LogP contribution in [0.3, 0.4) is 0 Å². The highest BCUT2D eigenvalue weighted by Crippen LogP contribution is 2.25. The maximum atomic E-state index is 14.0. The Labute approximate surface area is 175 Å². The minimum atomic E-state index is -4.06. The molecule has 0 spiro atoms. The van der Waals surface area contributed by atoms with Gasteiger partial charge < -0.3 is 10.1 Å². The first-order chi connectivity index (χ1) is 14.3. The summed E-state index contributed by atoms with van der Waals surface area (Å²) in [6.45, 7) is 2.35. The Bertz CT molecular complexity index is 1170. The number of benzene rings is 3. The molecule has 0 fully saturated rings. The summed E-state index contributed by atoms with van der Waals surface area (Å²) in [5, 5.41) is 2.72. The third kappa shape index (κ3) is 4.60. The second-order valence-corrected chi connectivity index (χ2v) is 8.34. The van der Waals surface area contributed by atoms with E-state index in [9.17, 15) is 17.6 Å². The van der Waals surface area contributed by atoms with Crippen molar-refractivity contribution < 1.29 is 22.3 Å². The van der Waals surface area contributed by atoms with Crippen LogP contribution in [0.2, 0.25) is 0 Å². The third-order valence-electron chi connectivity index (χ3n) is 4.35. The number of nitrogens with zero attached hydrogens (tertiary/aromatic N) is 1. The first-order valence-corrected chi connectivity index (χ1v) is 10.6. The van der Waals surface area contributed by atoms with Gasteiger partial charge >= 0.3 is 0 Å². The summed E-state index contributed by atoms with van der Waals surface area (Å²) >= 11 is 0. The lowest BCUT2D eigenvalue weighted by Gasteiger charge is -2.20. The molecule has 0 heterocycles. The van der Waals surface area contributed by atoms with Crippen molar-refractivity contribution in [3.8, 4) is 5.75 Å². The van der Waals surface area contributed by atoms with Gasteiger partial charge in [0.2, 0.25) is 0 Å². The van der Waals surface area contributed by atoms with Gasteiger partial charge in [-0.3, -0.25) is 9.10 Å². The highest BCUT2D eigenvalue weighted by atomic mass is 32.2. The van der Waals surface area contributed by atoms with Crippen LogP contribution in [0.1, 0.15) is 17.3 Å². The van der Waals surface area contributed by atoms with Gasteiger partial charge in [0, 0.05) is 24.4 Å². The highest BCUT2D eigenvalue weighted by Gasteiger charge is 2.24. The molecule has 0 aliphatic carbocycles. The number of hydrogen-bond donors (Lipinski definition) is 1. The molecular weight excluding hydrogens is 407 g/mol. The van der Waals surface area contributed by atoms with Crippen LogP contribution in [0, 0.1) is 5.82 Å². The molecule has 0 bridgehead atoms. The predicted molar refractivity (Wildman–Crippen MR) is 114 cm³/mol. The molecule has 3 rings (SSSR count). The molecule has 8 heteroatoms. The molecule has 3 aromatic rings. The lowest BCUT2D eigenvalue weighted by molar-refractivity contribution is 0.102. The molecule has 0 atom stereocenters. The Hall–Kier alpha value is -3.39. The van der Waals surface area contributed by atoms with E-state index in [1.807, 2.05) is 6.92 Å². The first kappa shape index (κ1) is 21.3. The maximum absolute atomic E-state index is 14.0. The normalized spacial score (nSPS) is 11.0.